The van der Waals surface area contributed by atoms with Crippen LogP contribution in [0.15, 0.2) is 12.1 Å². The summed E-state index contributed by atoms with van der Waals surface area (Å²) < 4.78 is 28.0. The summed E-state index contributed by atoms with van der Waals surface area (Å²) in [6.07, 6.45) is 5.88. The molecule has 110 valence electrons. The molecule has 20 heavy (non-hydrogen) atoms. The Balaban J connectivity index is 2.14. The second kappa shape index (κ2) is 6.48. The number of nitrogens with two attached hydrogens (primary N) is 1. The molecule has 1 aliphatic rings. The number of thiocarbonyl (C=S) groups is 1. The van der Waals surface area contributed by atoms with Crippen molar-refractivity contribution in [3.63, 3.8) is 0 Å². The maximum absolute atomic E-state index is 14.0. The van der Waals surface area contributed by atoms with Crippen LogP contribution in [0, 0.1) is 17.6 Å². The van der Waals surface area contributed by atoms with Crippen LogP contribution in [-0.2, 0) is 0 Å². The summed E-state index contributed by atoms with van der Waals surface area (Å²) in [5.74, 6) is -0.816. The lowest BCUT2D eigenvalue weighted by atomic mass is 9.84. The van der Waals surface area contributed by atoms with E-state index in [0.29, 0.717) is 5.92 Å². The van der Waals surface area contributed by atoms with Gasteiger partial charge < -0.3 is 11.1 Å². The molecule has 1 aromatic rings. The summed E-state index contributed by atoms with van der Waals surface area (Å²) in [6.45, 7) is 1.98. The van der Waals surface area contributed by atoms with Crippen LogP contribution < -0.4 is 11.1 Å². The van der Waals surface area contributed by atoms with Crippen molar-refractivity contribution in [1.82, 2.24) is 0 Å². The SMILES string of the molecule is CC(Nc1c(F)cc(C(N)=S)cc1F)C1CCCCC1. The van der Waals surface area contributed by atoms with Crippen molar-refractivity contribution in [2.75, 3.05) is 5.32 Å². The Kier molecular flexibility index (Phi) is 4.91. The highest BCUT2D eigenvalue weighted by Gasteiger charge is 2.22. The molecule has 0 spiro atoms. The minimum Gasteiger partial charge on any atom is -0.389 e. The van der Waals surface area contributed by atoms with Gasteiger partial charge in [-0.2, -0.15) is 0 Å². The summed E-state index contributed by atoms with van der Waals surface area (Å²) in [4.78, 5) is -0.00493. The molecule has 2 rings (SSSR count). The third-order valence-corrected chi connectivity index (χ3v) is 4.29. The number of benzene rings is 1. The fourth-order valence-corrected chi connectivity index (χ4v) is 2.95. The van der Waals surface area contributed by atoms with Gasteiger partial charge in [-0.15, -0.1) is 0 Å². The van der Waals surface area contributed by atoms with E-state index in [1.165, 1.54) is 31.4 Å². The molecule has 0 saturated heterocycles. The molecule has 2 nitrogen and oxygen atoms in total. The van der Waals surface area contributed by atoms with Crippen LogP contribution in [0.5, 0.6) is 0 Å². The Morgan fingerprint density at radius 1 is 1.25 bits per heavy atom. The summed E-state index contributed by atoms with van der Waals surface area (Å²) in [6, 6.07) is 2.41. The van der Waals surface area contributed by atoms with Crippen molar-refractivity contribution in [3.8, 4) is 0 Å². The van der Waals surface area contributed by atoms with Gasteiger partial charge in [-0.1, -0.05) is 31.5 Å². The average molecular weight is 298 g/mol. The normalized spacial score (nSPS) is 17.8. The molecule has 0 aliphatic heterocycles. The van der Waals surface area contributed by atoms with Crippen LogP contribution in [0.4, 0.5) is 14.5 Å². The second-order valence-electron chi connectivity index (χ2n) is 5.51. The second-order valence-corrected chi connectivity index (χ2v) is 5.95. The number of hydrogen-bond donors (Lipinski definition) is 2. The smallest absolute Gasteiger partial charge is 0.150 e. The summed E-state index contributed by atoms with van der Waals surface area (Å²) in [7, 11) is 0. The van der Waals surface area contributed by atoms with Gasteiger partial charge in [0.25, 0.3) is 0 Å². The average Bonchev–Trinajstić information content (AvgIpc) is 2.43. The third kappa shape index (κ3) is 3.45. The van der Waals surface area contributed by atoms with Gasteiger partial charge in [0, 0.05) is 11.6 Å². The fraction of sp³-hybridized carbons (Fsp3) is 0.533. The molecular weight excluding hydrogens is 278 g/mol. The molecule has 1 saturated carbocycles. The first-order chi connectivity index (χ1) is 9.49. The third-order valence-electron chi connectivity index (χ3n) is 4.06. The van der Waals surface area contributed by atoms with E-state index in [1.54, 1.807) is 0 Å². The number of halogens is 2. The largest absolute Gasteiger partial charge is 0.389 e. The molecule has 1 fully saturated rings. The highest BCUT2D eigenvalue weighted by Crippen LogP contribution is 2.29. The lowest BCUT2D eigenvalue weighted by Crippen LogP contribution is -2.28. The predicted molar refractivity (Wildman–Crippen MR) is 81.9 cm³/mol. The first kappa shape index (κ1) is 15.2. The zero-order valence-electron chi connectivity index (χ0n) is 11.6. The lowest BCUT2D eigenvalue weighted by Gasteiger charge is -2.29. The Hall–Kier alpha value is -1.23. The van der Waals surface area contributed by atoms with Crippen molar-refractivity contribution in [3.05, 3.63) is 29.3 Å². The molecule has 0 amide bonds. The maximum atomic E-state index is 14.0. The molecule has 3 N–H and O–H groups in total. The predicted octanol–water partition coefficient (Wildman–Crippen LogP) is 3.98. The minimum atomic E-state index is -0.643. The molecular formula is C15H20F2N2S. The lowest BCUT2D eigenvalue weighted by molar-refractivity contribution is 0.327. The van der Waals surface area contributed by atoms with Gasteiger partial charge in [-0.05, 0) is 37.8 Å². The van der Waals surface area contributed by atoms with Gasteiger partial charge in [0.2, 0.25) is 0 Å². The van der Waals surface area contributed by atoms with E-state index in [4.69, 9.17) is 18.0 Å². The van der Waals surface area contributed by atoms with Crippen LogP contribution in [0.3, 0.4) is 0 Å². The van der Waals surface area contributed by atoms with Gasteiger partial charge in [0.1, 0.15) is 22.3 Å². The molecule has 1 atom stereocenters. The van der Waals surface area contributed by atoms with Crippen LogP contribution in [-0.4, -0.2) is 11.0 Å². The quantitative estimate of drug-likeness (QED) is 0.826. The van der Waals surface area contributed by atoms with E-state index >= 15 is 0 Å². The first-order valence-corrected chi connectivity index (χ1v) is 7.45. The first-order valence-electron chi connectivity index (χ1n) is 7.04. The Labute approximate surface area is 123 Å². The molecule has 1 aliphatic carbocycles. The van der Waals surface area contributed by atoms with E-state index in [0.717, 1.165) is 12.8 Å². The number of nitrogens with one attached hydrogen (secondary N) is 1. The molecule has 5 heteroatoms. The highest BCUT2D eigenvalue weighted by molar-refractivity contribution is 7.80. The molecule has 1 unspecified atom stereocenters. The summed E-state index contributed by atoms with van der Waals surface area (Å²) in [5, 5.41) is 2.98. The minimum absolute atomic E-state index is 0.00493. The zero-order chi connectivity index (χ0) is 14.7. The topological polar surface area (TPSA) is 38.0 Å². The maximum Gasteiger partial charge on any atom is 0.150 e. The van der Waals surface area contributed by atoms with Crippen molar-refractivity contribution in [1.29, 1.82) is 0 Å². The van der Waals surface area contributed by atoms with Gasteiger partial charge in [-0.25, -0.2) is 8.78 Å². The number of rotatable bonds is 4. The van der Waals surface area contributed by atoms with Crippen LogP contribution >= 0.6 is 12.2 Å². The van der Waals surface area contributed by atoms with Crippen molar-refractivity contribution in [2.24, 2.45) is 11.7 Å². The summed E-state index contributed by atoms with van der Waals surface area (Å²) >= 11 is 4.74. The fourth-order valence-electron chi connectivity index (χ4n) is 2.83. The summed E-state index contributed by atoms with van der Waals surface area (Å²) in [5.41, 5.74) is 5.53. The van der Waals surface area contributed by atoms with E-state index in [2.05, 4.69) is 5.32 Å². The standard InChI is InChI=1S/C15H20F2N2S/c1-9(10-5-3-2-4-6-10)19-14-12(16)7-11(15(18)20)8-13(14)17/h7-10,19H,2-6H2,1H3,(H2,18,20). The van der Waals surface area contributed by atoms with E-state index in [9.17, 15) is 8.78 Å². The Morgan fingerprint density at radius 2 is 1.80 bits per heavy atom. The molecule has 0 heterocycles. The van der Waals surface area contributed by atoms with Crippen molar-refractivity contribution < 1.29 is 8.78 Å². The van der Waals surface area contributed by atoms with Gasteiger partial charge in [0.05, 0.1) is 0 Å². The van der Waals surface area contributed by atoms with Gasteiger partial charge in [-0.3, -0.25) is 0 Å². The number of anilines is 1. The monoisotopic (exact) mass is 298 g/mol. The van der Waals surface area contributed by atoms with Crippen molar-refractivity contribution in [2.45, 2.75) is 45.1 Å². The molecule has 0 bridgehead atoms. The van der Waals surface area contributed by atoms with E-state index < -0.39 is 11.6 Å². The van der Waals surface area contributed by atoms with E-state index in [1.807, 2.05) is 6.92 Å². The highest BCUT2D eigenvalue weighted by atomic mass is 32.1. The number of hydrogen-bond acceptors (Lipinski definition) is 2. The van der Waals surface area contributed by atoms with Crippen LogP contribution in [0.25, 0.3) is 0 Å². The molecule has 0 radical (unpaired) electrons. The molecule has 0 aromatic heterocycles. The van der Waals surface area contributed by atoms with Crippen LogP contribution in [0.1, 0.15) is 44.6 Å². The van der Waals surface area contributed by atoms with Gasteiger partial charge >= 0.3 is 0 Å². The Morgan fingerprint density at radius 3 is 2.30 bits per heavy atom. The zero-order valence-corrected chi connectivity index (χ0v) is 12.4. The van der Waals surface area contributed by atoms with Crippen molar-refractivity contribution >= 4 is 22.9 Å². The molecule has 1 aromatic carbocycles. The van der Waals surface area contributed by atoms with E-state index in [-0.39, 0.29) is 22.3 Å². The van der Waals surface area contributed by atoms with Gasteiger partial charge in [0.15, 0.2) is 0 Å². The van der Waals surface area contributed by atoms with Crippen LogP contribution in [0.2, 0.25) is 0 Å². The Bertz CT molecular complexity index is 476.